The summed E-state index contributed by atoms with van der Waals surface area (Å²) in [4.78, 5) is 0. The van der Waals surface area contributed by atoms with Crippen LogP contribution in [0.1, 0.15) is 6.92 Å². The molecular weight excluding hydrogens is 118 g/mol. The fraction of sp³-hybridized carbons (Fsp3) is 1.00. The Kier molecular flexibility index (Phi) is 3.37. The van der Waals surface area contributed by atoms with Crippen molar-refractivity contribution in [2.45, 2.75) is 12.5 Å². The molecule has 1 unspecified atom stereocenters. The maximum absolute atomic E-state index is 7.97. The van der Waals surface area contributed by atoms with Crippen LogP contribution < -0.4 is 0 Å². The molecule has 7 heavy (non-hydrogen) atoms. The van der Waals surface area contributed by atoms with Gasteiger partial charge >= 0.3 is 7.32 Å². The second-order valence-electron chi connectivity index (χ2n) is 1.01. The first-order chi connectivity index (χ1) is 3.13. The molecule has 0 saturated carbocycles. The Labute approximate surface area is 47.0 Å². The molecule has 2 N–H and O–H groups in total. The number of rotatable bonds is 2. The van der Waals surface area contributed by atoms with Crippen molar-refractivity contribution in [3.8, 4) is 0 Å². The maximum atomic E-state index is 7.97. The van der Waals surface area contributed by atoms with Gasteiger partial charge in [0.25, 0.3) is 0 Å². The van der Waals surface area contributed by atoms with E-state index in [1.54, 1.807) is 0 Å². The Bertz CT molecular complexity index is 42.2. The van der Waals surface area contributed by atoms with Gasteiger partial charge in [-0.25, -0.2) is 0 Å². The summed E-state index contributed by atoms with van der Waals surface area (Å²) < 4.78 is 4.13. The SMILES string of the molecule is CC(Cl)OB(O)O. The van der Waals surface area contributed by atoms with Crippen LogP contribution in [0.3, 0.4) is 0 Å². The summed E-state index contributed by atoms with van der Waals surface area (Å²) in [6.07, 6.45) is 0. The van der Waals surface area contributed by atoms with E-state index < -0.39 is 12.9 Å². The molecule has 0 aliphatic heterocycles. The minimum Gasteiger partial charge on any atom is -0.402 e. The highest BCUT2D eigenvalue weighted by Crippen LogP contribution is 1.94. The van der Waals surface area contributed by atoms with Crippen LogP contribution in [-0.2, 0) is 4.65 Å². The van der Waals surface area contributed by atoms with E-state index in [2.05, 4.69) is 4.65 Å². The molecule has 5 heteroatoms. The molecule has 0 aliphatic rings. The van der Waals surface area contributed by atoms with Gasteiger partial charge in [0.1, 0.15) is 5.56 Å². The molecule has 0 saturated heterocycles. The molecule has 0 heterocycles. The van der Waals surface area contributed by atoms with Gasteiger partial charge < -0.3 is 14.7 Å². The number of hydrogen-bond acceptors (Lipinski definition) is 3. The predicted octanol–water partition coefficient (Wildman–Crippen LogP) is -0.443. The zero-order valence-electron chi connectivity index (χ0n) is 3.84. The van der Waals surface area contributed by atoms with Crippen LogP contribution in [0.2, 0.25) is 0 Å². The van der Waals surface area contributed by atoms with Crippen molar-refractivity contribution in [2.75, 3.05) is 0 Å². The fourth-order valence-electron chi connectivity index (χ4n) is 0.168. The Morgan fingerprint density at radius 1 is 1.71 bits per heavy atom. The lowest BCUT2D eigenvalue weighted by atomic mass is 10.3. The Morgan fingerprint density at radius 3 is 2.14 bits per heavy atom. The van der Waals surface area contributed by atoms with Crippen molar-refractivity contribution in [1.29, 1.82) is 0 Å². The Balaban J connectivity index is 2.95. The zero-order chi connectivity index (χ0) is 5.86. The van der Waals surface area contributed by atoms with E-state index in [1.165, 1.54) is 6.92 Å². The minimum absolute atomic E-state index is 0.653. The molecule has 0 amide bonds. The van der Waals surface area contributed by atoms with Gasteiger partial charge in [-0.2, -0.15) is 0 Å². The molecule has 42 valence electrons. The smallest absolute Gasteiger partial charge is 0.402 e. The average molecular weight is 124 g/mol. The Morgan fingerprint density at radius 2 is 2.14 bits per heavy atom. The molecule has 3 nitrogen and oxygen atoms in total. The van der Waals surface area contributed by atoms with Gasteiger partial charge in [0.2, 0.25) is 0 Å². The Hall–Kier alpha value is 0.235. The summed E-state index contributed by atoms with van der Waals surface area (Å²) in [5.41, 5.74) is -0.653. The van der Waals surface area contributed by atoms with Crippen LogP contribution in [-0.4, -0.2) is 22.9 Å². The van der Waals surface area contributed by atoms with Gasteiger partial charge in [0.15, 0.2) is 0 Å². The molecule has 0 fully saturated rings. The molecule has 0 rings (SSSR count). The lowest BCUT2D eigenvalue weighted by Crippen LogP contribution is -2.19. The molecule has 0 aromatic carbocycles. The second kappa shape index (κ2) is 3.26. The van der Waals surface area contributed by atoms with Gasteiger partial charge in [-0.05, 0) is 6.92 Å². The predicted molar refractivity (Wildman–Crippen MR) is 26.6 cm³/mol. The number of halogens is 1. The van der Waals surface area contributed by atoms with Crippen molar-refractivity contribution < 1.29 is 14.7 Å². The van der Waals surface area contributed by atoms with Crippen LogP contribution in [0.15, 0.2) is 0 Å². The summed E-state index contributed by atoms with van der Waals surface area (Å²) in [6.45, 7) is 1.49. The van der Waals surface area contributed by atoms with Gasteiger partial charge in [-0.3, -0.25) is 0 Å². The molecular formula is C2H6BClO3. The first-order valence-corrected chi connectivity index (χ1v) is 2.22. The van der Waals surface area contributed by atoms with Crippen molar-refractivity contribution >= 4 is 18.9 Å². The monoisotopic (exact) mass is 124 g/mol. The van der Waals surface area contributed by atoms with E-state index in [1.807, 2.05) is 0 Å². The van der Waals surface area contributed by atoms with Crippen LogP contribution in [0.4, 0.5) is 0 Å². The highest BCUT2D eigenvalue weighted by Gasteiger charge is 2.10. The molecule has 0 aliphatic carbocycles. The highest BCUT2D eigenvalue weighted by molar-refractivity contribution is 6.34. The molecule has 0 spiro atoms. The van der Waals surface area contributed by atoms with E-state index in [-0.39, 0.29) is 0 Å². The first-order valence-electron chi connectivity index (χ1n) is 1.78. The fourth-order valence-corrected chi connectivity index (χ4v) is 0.260. The van der Waals surface area contributed by atoms with Gasteiger partial charge in [-0.15, -0.1) is 0 Å². The van der Waals surface area contributed by atoms with E-state index >= 15 is 0 Å². The van der Waals surface area contributed by atoms with Crippen LogP contribution >= 0.6 is 11.6 Å². The van der Waals surface area contributed by atoms with Gasteiger partial charge in [0.05, 0.1) is 0 Å². The van der Waals surface area contributed by atoms with Crippen molar-refractivity contribution in [3.05, 3.63) is 0 Å². The summed E-state index contributed by atoms with van der Waals surface area (Å²) in [7, 11) is -1.76. The first kappa shape index (κ1) is 7.23. The van der Waals surface area contributed by atoms with E-state index in [0.717, 1.165) is 0 Å². The molecule has 0 radical (unpaired) electrons. The lowest BCUT2D eigenvalue weighted by molar-refractivity contribution is 0.175. The topological polar surface area (TPSA) is 49.7 Å². The maximum Gasteiger partial charge on any atom is 0.635 e. The van der Waals surface area contributed by atoms with Gasteiger partial charge in [0, 0.05) is 0 Å². The second-order valence-corrected chi connectivity index (χ2v) is 1.62. The van der Waals surface area contributed by atoms with Crippen molar-refractivity contribution in [2.24, 2.45) is 0 Å². The highest BCUT2D eigenvalue weighted by atomic mass is 35.5. The summed E-state index contributed by atoms with van der Waals surface area (Å²) in [6, 6.07) is 0. The molecule has 0 aromatic rings. The lowest BCUT2D eigenvalue weighted by Gasteiger charge is -2.00. The third kappa shape index (κ3) is 6.23. The summed E-state index contributed by atoms with van der Waals surface area (Å²) in [5, 5.41) is 15.9. The number of alkyl halides is 1. The quantitative estimate of drug-likeness (QED) is 0.387. The standard InChI is InChI=1S/C2H6BClO3/c1-2(4)7-3(5)6/h2,5-6H,1H3. The normalized spacial score (nSPS) is 13.7. The molecule has 1 atom stereocenters. The van der Waals surface area contributed by atoms with Crippen molar-refractivity contribution in [3.63, 3.8) is 0 Å². The summed E-state index contributed by atoms with van der Waals surface area (Å²) in [5.74, 6) is 0. The third-order valence-corrected chi connectivity index (χ3v) is 0.412. The average Bonchev–Trinajstić information content (AvgIpc) is 1.27. The van der Waals surface area contributed by atoms with Crippen LogP contribution in [0.25, 0.3) is 0 Å². The molecule has 0 bridgehead atoms. The zero-order valence-corrected chi connectivity index (χ0v) is 4.59. The van der Waals surface area contributed by atoms with Crippen LogP contribution in [0, 0.1) is 0 Å². The third-order valence-electron chi connectivity index (χ3n) is 0.309. The van der Waals surface area contributed by atoms with E-state index in [9.17, 15) is 0 Å². The summed E-state index contributed by atoms with van der Waals surface area (Å²) >= 11 is 5.13. The number of hydrogen-bond donors (Lipinski definition) is 2. The largest absolute Gasteiger partial charge is 0.635 e. The minimum atomic E-state index is -1.76. The van der Waals surface area contributed by atoms with Crippen molar-refractivity contribution in [1.82, 2.24) is 0 Å². The molecule has 0 aromatic heterocycles. The van der Waals surface area contributed by atoms with Gasteiger partial charge in [-0.1, -0.05) is 11.6 Å². The van der Waals surface area contributed by atoms with E-state index in [0.29, 0.717) is 0 Å². The van der Waals surface area contributed by atoms with E-state index in [4.69, 9.17) is 21.6 Å². The van der Waals surface area contributed by atoms with Crippen LogP contribution in [0.5, 0.6) is 0 Å².